The molecule has 0 saturated carbocycles. The molecular weight excluding hydrogens is 348 g/mol. The quantitative estimate of drug-likeness (QED) is 0.698. The number of hydrogen-bond donors (Lipinski definition) is 3. The summed E-state index contributed by atoms with van der Waals surface area (Å²) in [5, 5.41) is 13.4. The van der Waals surface area contributed by atoms with Gasteiger partial charge in [-0.1, -0.05) is 0 Å². The minimum Gasteiger partial charge on any atom is -0.478 e. The molecule has 0 aliphatic carbocycles. The van der Waals surface area contributed by atoms with Crippen molar-refractivity contribution in [2.45, 2.75) is 11.3 Å². The number of rotatable bonds is 5. The van der Waals surface area contributed by atoms with Crippen LogP contribution in [-0.2, 0) is 4.79 Å². The van der Waals surface area contributed by atoms with Gasteiger partial charge in [0.1, 0.15) is 0 Å². The van der Waals surface area contributed by atoms with Gasteiger partial charge in [-0.2, -0.15) is 0 Å². The molecule has 3 amide bonds. The van der Waals surface area contributed by atoms with Crippen molar-refractivity contribution >= 4 is 45.6 Å². The Balaban J connectivity index is 2.50. The first-order valence-corrected chi connectivity index (χ1v) is 7.39. The maximum absolute atomic E-state index is 11.3. The molecule has 0 aromatic heterocycles. The van der Waals surface area contributed by atoms with Crippen molar-refractivity contribution in [2.75, 3.05) is 12.8 Å². The fraction of sp³-hybridized carbons (Fsp3) is 0.250. The second-order valence-corrected chi connectivity index (χ2v) is 5.70. The molecule has 0 aliphatic rings. The number of urea groups is 1. The van der Waals surface area contributed by atoms with Crippen molar-refractivity contribution in [1.29, 1.82) is 0 Å². The molecule has 6 nitrogen and oxygen atoms in total. The van der Waals surface area contributed by atoms with Crippen LogP contribution in [0.1, 0.15) is 16.8 Å². The summed E-state index contributed by atoms with van der Waals surface area (Å²) in [4.78, 5) is 33.9. The predicted molar refractivity (Wildman–Crippen MR) is 79.0 cm³/mol. The van der Waals surface area contributed by atoms with Gasteiger partial charge in [-0.05, 0) is 34.1 Å². The van der Waals surface area contributed by atoms with Crippen LogP contribution >= 0.6 is 27.7 Å². The van der Waals surface area contributed by atoms with Crippen LogP contribution in [0.4, 0.5) is 4.79 Å². The molecule has 108 valence electrons. The molecule has 0 heterocycles. The fourth-order valence-electron chi connectivity index (χ4n) is 1.27. The number of nitrogens with one attached hydrogen (secondary N) is 2. The lowest BCUT2D eigenvalue weighted by Gasteiger charge is -2.05. The molecule has 0 unspecified atom stereocenters. The maximum Gasteiger partial charge on any atom is 0.336 e. The Morgan fingerprint density at radius 1 is 1.35 bits per heavy atom. The van der Waals surface area contributed by atoms with Crippen molar-refractivity contribution in [3.05, 3.63) is 28.2 Å². The van der Waals surface area contributed by atoms with E-state index in [2.05, 4.69) is 26.6 Å². The minimum atomic E-state index is -1.02. The second kappa shape index (κ2) is 7.91. The van der Waals surface area contributed by atoms with E-state index in [-0.39, 0.29) is 17.9 Å². The Hall–Kier alpha value is -1.54. The lowest BCUT2D eigenvalue weighted by Crippen LogP contribution is -2.37. The number of carbonyl (C=O) groups is 3. The first kappa shape index (κ1) is 16.5. The number of carbonyl (C=O) groups excluding carboxylic acids is 2. The van der Waals surface area contributed by atoms with E-state index in [9.17, 15) is 14.4 Å². The fourth-order valence-corrected chi connectivity index (χ4v) is 2.58. The zero-order chi connectivity index (χ0) is 15.1. The average molecular weight is 361 g/mol. The molecule has 0 spiro atoms. The van der Waals surface area contributed by atoms with Gasteiger partial charge in [0.2, 0.25) is 5.91 Å². The van der Waals surface area contributed by atoms with E-state index in [4.69, 9.17) is 5.11 Å². The van der Waals surface area contributed by atoms with Crippen LogP contribution in [0.15, 0.2) is 27.6 Å². The summed E-state index contributed by atoms with van der Waals surface area (Å²) in [5.41, 5.74) is 0.171. The lowest BCUT2D eigenvalue weighted by molar-refractivity contribution is -0.119. The van der Waals surface area contributed by atoms with Crippen LogP contribution in [0.5, 0.6) is 0 Å². The molecule has 0 fully saturated rings. The summed E-state index contributed by atoms with van der Waals surface area (Å²) >= 11 is 4.51. The monoisotopic (exact) mass is 360 g/mol. The highest BCUT2D eigenvalue weighted by Crippen LogP contribution is 2.25. The zero-order valence-corrected chi connectivity index (χ0v) is 13.0. The van der Waals surface area contributed by atoms with Gasteiger partial charge in [-0.3, -0.25) is 10.1 Å². The normalized spacial score (nSPS) is 9.90. The molecular formula is C12H13BrN2O4S. The number of aromatic carboxylic acids is 1. The second-order valence-electron chi connectivity index (χ2n) is 3.67. The maximum atomic E-state index is 11.3. The Labute approximate surface area is 128 Å². The van der Waals surface area contributed by atoms with E-state index in [1.165, 1.54) is 24.9 Å². The molecule has 1 rings (SSSR count). The zero-order valence-electron chi connectivity index (χ0n) is 10.6. The van der Waals surface area contributed by atoms with E-state index in [1.807, 2.05) is 0 Å². The summed E-state index contributed by atoms with van der Waals surface area (Å²) in [5.74, 6) is -0.951. The molecule has 0 aliphatic heterocycles. The van der Waals surface area contributed by atoms with E-state index >= 15 is 0 Å². The standard InChI is InChI=1S/C12H13BrN2O4S/c1-14-12(19)15-10(16)4-5-20-7-2-3-9(13)8(6-7)11(17)18/h2-3,6H,4-5H2,1H3,(H,17,18)(H2,14,15,16,19). The van der Waals surface area contributed by atoms with Gasteiger partial charge in [0.05, 0.1) is 5.56 Å². The highest BCUT2D eigenvalue weighted by molar-refractivity contribution is 9.10. The molecule has 1 aromatic rings. The third-order valence-electron chi connectivity index (χ3n) is 2.25. The number of imide groups is 1. The molecule has 0 bridgehead atoms. The number of carboxylic acid groups (broad SMARTS) is 1. The molecule has 1 aromatic carbocycles. The van der Waals surface area contributed by atoms with E-state index in [1.54, 1.807) is 12.1 Å². The minimum absolute atomic E-state index is 0.163. The van der Waals surface area contributed by atoms with Crippen molar-refractivity contribution in [3.63, 3.8) is 0 Å². The molecule has 3 N–H and O–H groups in total. The Morgan fingerprint density at radius 3 is 2.65 bits per heavy atom. The summed E-state index contributed by atoms with van der Waals surface area (Å²) in [6.45, 7) is 0. The highest BCUT2D eigenvalue weighted by Gasteiger charge is 2.10. The molecule has 0 atom stereocenters. The van der Waals surface area contributed by atoms with Gasteiger partial charge in [-0.15, -0.1) is 11.8 Å². The van der Waals surface area contributed by atoms with Gasteiger partial charge in [-0.25, -0.2) is 9.59 Å². The Kier molecular flexibility index (Phi) is 6.53. The largest absolute Gasteiger partial charge is 0.478 e. The summed E-state index contributed by atoms with van der Waals surface area (Å²) in [6.07, 6.45) is 0.163. The molecule has 0 radical (unpaired) electrons. The van der Waals surface area contributed by atoms with Gasteiger partial charge in [0.25, 0.3) is 0 Å². The van der Waals surface area contributed by atoms with Gasteiger partial charge < -0.3 is 10.4 Å². The number of thioether (sulfide) groups is 1. The SMILES string of the molecule is CNC(=O)NC(=O)CCSc1ccc(Br)c(C(=O)O)c1. The van der Waals surface area contributed by atoms with E-state index in [0.717, 1.165) is 4.90 Å². The van der Waals surface area contributed by atoms with Crippen LogP contribution in [0, 0.1) is 0 Å². The van der Waals surface area contributed by atoms with Gasteiger partial charge >= 0.3 is 12.0 Å². The van der Waals surface area contributed by atoms with Crippen LogP contribution in [-0.4, -0.2) is 35.8 Å². The average Bonchev–Trinajstić information content (AvgIpc) is 2.40. The topological polar surface area (TPSA) is 95.5 Å². The number of amides is 3. The van der Waals surface area contributed by atoms with E-state index in [0.29, 0.717) is 10.2 Å². The number of carboxylic acids is 1. The number of halogens is 1. The molecule has 0 saturated heterocycles. The third-order valence-corrected chi connectivity index (χ3v) is 3.93. The smallest absolute Gasteiger partial charge is 0.336 e. The van der Waals surface area contributed by atoms with Crippen molar-refractivity contribution in [2.24, 2.45) is 0 Å². The third kappa shape index (κ3) is 5.22. The first-order chi connectivity index (χ1) is 9.43. The van der Waals surface area contributed by atoms with Crippen LogP contribution in [0.2, 0.25) is 0 Å². The lowest BCUT2D eigenvalue weighted by atomic mass is 10.2. The van der Waals surface area contributed by atoms with Crippen molar-refractivity contribution in [3.8, 4) is 0 Å². The van der Waals surface area contributed by atoms with Gasteiger partial charge in [0.15, 0.2) is 0 Å². The summed E-state index contributed by atoms with van der Waals surface area (Å²) < 4.78 is 0.506. The van der Waals surface area contributed by atoms with E-state index < -0.39 is 12.0 Å². The summed E-state index contributed by atoms with van der Waals surface area (Å²) in [6, 6.07) is 4.40. The number of benzene rings is 1. The van der Waals surface area contributed by atoms with Crippen LogP contribution in [0.25, 0.3) is 0 Å². The van der Waals surface area contributed by atoms with Crippen LogP contribution < -0.4 is 10.6 Å². The molecule has 20 heavy (non-hydrogen) atoms. The highest BCUT2D eigenvalue weighted by atomic mass is 79.9. The molecule has 8 heteroatoms. The van der Waals surface area contributed by atoms with Crippen LogP contribution in [0.3, 0.4) is 0 Å². The van der Waals surface area contributed by atoms with Crippen molar-refractivity contribution in [1.82, 2.24) is 10.6 Å². The van der Waals surface area contributed by atoms with Gasteiger partial charge in [0, 0.05) is 28.6 Å². The Bertz CT molecular complexity index is 536. The summed E-state index contributed by atoms with van der Waals surface area (Å²) in [7, 11) is 1.42. The Morgan fingerprint density at radius 2 is 2.05 bits per heavy atom. The predicted octanol–water partition coefficient (Wildman–Crippen LogP) is 2.09. The first-order valence-electron chi connectivity index (χ1n) is 5.61. The van der Waals surface area contributed by atoms with Crippen molar-refractivity contribution < 1.29 is 19.5 Å². The number of hydrogen-bond acceptors (Lipinski definition) is 4.